The summed E-state index contributed by atoms with van der Waals surface area (Å²) < 4.78 is 5.05. The quantitative estimate of drug-likeness (QED) is 0.833. The van der Waals surface area contributed by atoms with Gasteiger partial charge in [-0.3, -0.25) is 4.79 Å². The van der Waals surface area contributed by atoms with Crippen molar-refractivity contribution in [1.82, 2.24) is 4.98 Å². The fourth-order valence-corrected chi connectivity index (χ4v) is 1.59. The molecule has 2 aromatic rings. The second-order valence-electron chi connectivity index (χ2n) is 3.99. The number of pyridine rings is 1. The van der Waals surface area contributed by atoms with Gasteiger partial charge in [0.2, 0.25) is 0 Å². The highest BCUT2D eigenvalue weighted by Crippen LogP contribution is 2.13. The number of nitrogens with one attached hydrogen (secondary N) is 1. The summed E-state index contributed by atoms with van der Waals surface area (Å²) in [6.45, 7) is 1.69. The van der Waals surface area contributed by atoms with E-state index in [0.29, 0.717) is 22.7 Å². The van der Waals surface area contributed by atoms with Crippen LogP contribution in [0.1, 0.15) is 21.7 Å². The number of furan rings is 1. The number of aryl methyl sites for hydroxylation is 1. The third kappa shape index (κ3) is 3.32. The molecule has 0 atom stereocenters. The average molecular weight is 272 g/mol. The molecule has 0 aliphatic rings. The molecule has 0 aromatic carbocycles. The van der Waals surface area contributed by atoms with Gasteiger partial charge >= 0.3 is 5.97 Å². The minimum Gasteiger partial charge on any atom is -0.478 e. The van der Waals surface area contributed by atoms with E-state index in [4.69, 9.17) is 9.52 Å². The molecule has 2 heterocycles. The zero-order valence-electron chi connectivity index (χ0n) is 10.7. The Morgan fingerprint density at radius 1 is 1.40 bits per heavy atom. The molecule has 2 rings (SSSR count). The van der Waals surface area contributed by atoms with E-state index in [-0.39, 0.29) is 5.91 Å². The smallest absolute Gasteiger partial charge is 0.328 e. The fraction of sp³-hybridized carbons (Fsp3) is 0.0714. The van der Waals surface area contributed by atoms with E-state index in [0.717, 1.165) is 6.08 Å². The molecule has 0 bridgehead atoms. The lowest BCUT2D eigenvalue weighted by Gasteiger charge is -2.04. The van der Waals surface area contributed by atoms with Crippen molar-refractivity contribution in [2.75, 3.05) is 5.32 Å². The summed E-state index contributed by atoms with van der Waals surface area (Å²) in [6, 6.07) is 4.78. The van der Waals surface area contributed by atoms with E-state index in [2.05, 4.69) is 10.3 Å². The summed E-state index contributed by atoms with van der Waals surface area (Å²) in [5, 5.41) is 11.2. The minimum absolute atomic E-state index is 0.330. The highest BCUT2D eigenvalue weighted by molar-refractivity contribution is 6.04. The Bertz CT molecular complexity index is 673. The molecular weight excluding hydrogens is 260 g/mol. The SMILES string of the molecule is Cc1occc1C(=O)Nc1cc(/C=C/C(=O)O)ccn1. The van der Waals surface area contributed by atoms with Crippen LogP contribution < -0.4 is 5.32 Å². The number of hydrogen-bond donors (Lipinski definition) is 2. The van der Waals surface area contributed by atoms with E-state index in [1.165, 1.54) is 18.5 Å². The minimum atomic E-state index is -1.04. The number of carboxylic acids is 1. The van der Waals surface area contributed by atoms with E-state index < -0.39 is 5.97 Å². The first-order valence-corrected chi connectivity index (χ1v) is 5.79. The van der Waals surface area contributed by atoms with E-state index in [9.17, 15) is 9.59 Å². The van der Waals surface area contributed by atoms with Gasteiger partial charge in [0, 0.05) is 12.3 Å². The van der Waals surface area contributed by atoms with Crippen molar-refractivity contribution in [1.29, 1.82) is 0 Å². The van der Waals surface area contributed by atoms with Gasteiger partial charge in [0.1, 0.15) is 11.6 Å². The van der Waals surface area contributed by atoms with Crippen molar-refractivity contribution < 1.29 is 19.1 Å². The van der Waals surface area contributed by atoms with Gasteiger partial charge in [-0.1, -0.05) is 0 Å². The first-order chi connectivity index (χ1) is 9.56. The Morgan fingerprint density at radius 3 is 2.85 bits per heavy atom. The van der Waals surface area contributed by atoms with Gasteiger partial charge in [0.25, 0.3) is 5.91 Å². The summed E-state index contributed by atoms with van der Waals surface area (Å²) in [4.78, 5) is 26.4. The van der Waals surface area contributed by atoms with E-state index in [1.807, 2.05) is 0 Å². The Hall–Kier alpha value is -2.89. The average Bonchev–Trinajstić information content (AvgIpc) is 2.83. The number of carbonyl (C=O) groups is 2. The molecule has 0 saturated carbocycles. The second-order valence-corrected chi connectivity index (χ2v) is 3.99. The predicted octanol–water partition coefficient (Wildman–Crippen LogP) is 2.33. The zero-order chi connectivity index (χ0) is 14.5. The molecule has 20 heavy (non-hydrogen) atoms. The highest BCUT2D eigenvalue weighted by Gasteiger charge is 2.11. The Kier molecular flexibility index (Phi) is 3.95. The van der Waals surface area contributed by atoms with Crippen LogP contribution in [0.15, 0.2) is 41.2 Å². The van der Waals surface area contributed by atoms with Crippen molar-refractivity contribution in [3.63, 3.8) is 0 Å². The van der Waals surface area contributed by atoms with Crippen molar-refractivity contribution in [2.45, 2.75) is 6.92 Å². The van der Waals surface area contributed by atoms with E-state index in [1.54, 1.807) is 25.1 Å². The number of aliphatic carboxylic acids is 1. The summed E-state index contributed by atoms with van der Waals surface area (Å²) in [7, 11) is 0. The van der Waals surface area contributed by atoms with Gasteiger partial charge in [0.15, 0.2) is 0 Å². The van der Waals surface area contributed by atoms with Crippen molar-refractivity contribution >= 4 is 23.8 Å². The van der Waals surface area contributed by atoms with Crippen LogP contribution >= 0.6 is 0 Å². The maximum Gasteiger partial charge on any atom is 0.328 e. The summed E-state index contributed by atoms with van der Waals surface area (Å²) >= 11 is 0. The van der Waals surface area contributed by atoms with Crippen LogP contribution in [-0.2, 0) is 4.79 Å². The molecule has 0 fully saturated rings. The lowest BCUT2D eigenvalue weighted by atomic mass is 10.2. The summed E-state index contributed by atoms with van der Waals surface area (Å²) in [6.07, 6.45) is 5.35. The largest absolute Gasteiger partial charge is 0.478 e. The number of hydrogen-bond acceptors (Lipinski definition) is 4. The van der Waals surface area contributed by atoms with Crippen LogP contribution in [0, 0.1) is 6.92 Å². The Morgan fingerprint density at radius 2 is 2.20 bits per heavy atom. The molecule has 0 radical (unpaired) electrons. The normalized spacial score (nSPS) is 10.7. The third-order valence-electron chi connectivity index (χ3n) is 2.55. The number of carbonyl (C=O) groups excluding carboxylic acids is 1. The number of nitrogens with zero attached hydrogens (tertiary/aromatic N) is 1. The highest BCUT2D eigenvalue weighted by atomic mass is 16.4. The van der Waals surface area contributed by atoms with Crippen LogP contribution in [-0.4, -0.2) is 22.0 Å². The van der Waals surface area contributed by atoms with Crippen LogP contribution in [0.2, 0.25) is 0 Å². The molecule has 1 amide bonds. The molecule has 0 spiro atoms. The number of amides is 1. The zero-order valence-corrected chi connectivity index (χ0v) is 10.7. The molecule has 0 unspecified atom stereocenters. The predicted molar refractivity (Wildman–Crippen MR) is 72.3 cm³/mol. The van der Waals surface area contributed by atoms with E-state index >= 15 is 0 Å². The maximum absolute atomic E-state index is 12.0. The van der Waals surface area contributed by atoms with Crippen LogP contribution in [0.3, 0.4) is 0 Å². The van der Waals surface area contributed by atoms with Crippen molar-refractivity contribution in [2.24, 2.45) is 0 Å². The molecule has 0 aliphatic heterocycles. The first kappa shape index (κ1) is 13.5. The molecule has 6 nitrogen and oxygen atoms in total. The lowest BCUT2D eigenvalue weighted by molar-refractivity contribution is -0.131. The van der Waals surface area contributed by atoms with Gasteiger partial charge in [-0.25, -0.2) is 9.78 Å². The van der Waals surface area contributed by atoms with Gasteiger partial charge in [0.05, 0.1) is 11.8 Å². The van der Waals surface area contributed by atoms with Crippen LogP contribution in [0.5, 0.6) is 0 Å². The number of rotatable bonds is 4. The van der Waals surface area contributed by atoms with Crippen molar-refractivity contribution in [3.8, 4) is 0 Å². The van der Waals surface area contributed by atoms with Crippen LogP contribution in [0.25, 0.3) is 6.08 Å². The maximum atomic E-state index is 12.0. The topological polar surface area (TPSA) is 92.4 Å². The Balaban J connectivity index is 2.14. The number of carboxylic acid groups (broad SMARTS) is 1. The molecule has 102 valence electrons. The van der Waals surface area contributed by atoms with Gasteiger partial charge < -0.3 is 14.8 Å². The van der Waals surface area contributed by atoms with Gasteiger partial charge in [-0.05, 0) is 36.8 Å². The molecule has 2 N–H and O–H groups in total. The van der Waals surface area contributed by atoms with Crippen molar-refractivity contribution in [3.05, 3.63) is 53.6 Å². The molecule has 0 saturated heterocycles. The second kappa shape index (κ2) is 5.83. The first-order valence-electron chi connectivity index (χ1n) is 5.79. The third-order valence-corrected chi connectivity index (χ3v) is 2.55. The standard InChI is InChI=1S/C14H12N2O4/c1-9-11(5-7-20-9)14(19)16-12-8-10(4-6-15-12)2-3-13(17)18/h2-8H,1H3,(H,17,18)(H,15,16,19)/b3-2+. The number of aromatic nitrogens is 1. The molecule has 2 aromatic heterocycles. The number of anilines is 1. The van der Waals surface area contributed by atoms with Gasteiger partial charge in [-0.15, -0.1) is 0 Å². The Labute approximate surface area is 114 Å². The van der Waals surface area contributed by atoms with Crippen LogP contribution in [0.4, 0.5) is 5.82 Å². The molecule has 0 aliphatic carbocycles. The molecule has 6 heteroatoms. The fourth-order valence-electron chi connectivity index (χ4n) is 1.59. The van der Waals surface area contributed by atoms with Gasteiger partial charge in [-0.2, -0.15) is 0 Å². The lowest BCUT2D eigenvalue weighted by Crippen LogP contribution is -2.13. The summed E-state index contributed by atoms with van der Waals surface area (Å²) in [5.41, 5.74) is 1.06. The molecular formula is C14H12N2O4. The summed E-state index contributed by atoms with van der Waals surface area (Å²) in [5.74, 6) is -0.517. The monoisotopic (exact) mass is 272 g/mol.